The van der Waals surface area contributed by atoms with E-state index in [1.54, 1.807) is 15.1 Å². The molecule has 10 heavy (non-hydrogen) atoms. The van der Waals surface area contributed by atoms with Crippen LogP contribution in [0.15, 0.2) is 0 Å². The van der Waals surface area contributed by atoms with Gasteiger partial charge in [-0.25, -0.2) is 0 Å². The molecule has 0 spiro atoms. The van der Waals surface area contributed by atoms with Crippen molar-refractivity contribution in [1.82, 2.24) is 0 Å². The molecule has 0 rings (SSSR count). The van der Waals surface area contributed by atoms with Crippen molar-refractivity contribution in [2.75, 3.05) is 0 Å². The fraction of sp³-hybridized carbons (Fsp3) is 0. The molecule has 0 aliphatic heterocycles. The van der Waals surface area contributed by atoms with E-state index in [1.165, 1.54) is 0 Å². The smallest absolute Gasteiger partial charge is 0.734 e. The monoisotopic (exact) mass is 328 g/mol. The third kappa shape index (κ3) is 4150. The van der Waals surface area contributed by atoms with Crippen LogP contribution in [-0.2, 0) is 36.2 Å². The Morgan fingerprint density at radius 1 is 0.500 bits per heavy atom. The Kier molecular flexibility index (Phi) is 131. The van der Waals surface area contributed by atoms with Gasteiger partial charge in [-0.15, -0.1) is 0 Å². The van der Waals surface area contributed by atoms with Gasteiger partial charge in [-0.3, -0.25) is 0 Å². The minimum atomic E-state index is 0. The molecule has 60 valence electrons. The number of rotatable bonds is 0. The van der Waals surface area contributed by atoms with Gasteiger partial charge in [-0.1, -0.05) is 0 Å². The molecular formula is O9W. The Labute approximate surface area is 68.5 Å². The summed E-state index contributed by atoms with van der Waals surface area (Å²) >= 11 is 0. The molecule has 0 amide bonds. The Hall–Kier alpha value is 0.328. The van der Waals surface area contributed by atoms with E-state index in [-0.39, 0.29) is 21.1 Å². The van der Waals surface area contributed by atoms with E-state index in [4.69, 9.17) is 31.5 Å². The van der Waals surface area contributed by atoms with Crippen molar-refractivity contribution in [2.24, 2.45) is 0 Å². The predicted octanol–water partition coefficient (Wildman–Crippen LogP) is -7.34. The molecule has 0 atom stereocenters. The van der Waals surface area contributed by atoms with Crippen molar-refractivity contribution in [3.05, 3.63) is 0 Å². The van der Waals surface area contributed by atoms with Gasteiger partial charge >= 0.3 is 21.1 Å². The fourth-order valence-corrected chi connectivity index (χ4v) is 0. The van der Waals surface area contributed by atoms with E-state index in [9.17, 15) is 0 Å². The second-order valence-corrected chi connectivity index (χ2v) is 0.204. The third-order valence-electron chi connectivity index (χ3n) is 0. The second-order valence-electron chi connectivity index (χ2n) is 0.204. The van der Waals surface area contributed by atoms with Gasteiger partial charge in [0.15, 0.2) is 0 Å². The van der Waals surface area contributed by atoms with Gasteiger partial charge in [0.2, 0.25) is 0 Å². The molecule has 0 bridgehead atoms. The summed E-state index contributed by atoms with van der Waals surface area (Å²) in [6.45, 7) is 0. The van der Waals surface area contributed by atoms with Gasteiger partial charge in [0, 0.05) is 0 Å². The normalized spacial score (nSPS) is 5.40. The first kappa shape index (κ1) is 22.4. The molecule has 0 aromatic rings. The first-order chi connectivity index (χ1) is 4.24. The molecule has 0 aromatic carbocycles. The van der Waals surface area contributed by atoms with Crippen LogP contribution < -0.4 is 31.5 Å². The quantitative estimate of drug-likeness (QED) is 0.310. The Balaban J connectivity index is -0.0000000257. The van der Waals surface area contributed by atoms with Gasteiger partial charge in [0.05, 0.1) is 0 Å². The van der Waals surface area contributed by atoms with Crippen molar-refractivity contribution >= 4 is 0 Å². The fourth-order valence-electron chi connectivity index (χ4n) is 0. The molecule has 0 aliphatic rings. The topological polar surface area (TPSA) is 166 Å². The minimum Gasteiger partial charge on any atom is -0.734 e. The average Bonchev–Trinajstić information content (AvgIpc) is 1.70. The van der Waals surface area contributed by atoms with Crippen LogP contribution in [0.2, 0.25) is 0 Å². The van der Waals surface area contributed by atoms with Gasteiger partial charge in [0.25, 0.3) is 0 Å². The van der Waals surface area contributed by atoms with Crippen molar-refractivity contribution < 1.29 is 67.7 Å². The molecule has 0 radical (unpaired) electrons. The predicted molar refractivity (Wildman–Crippen MR) is 3.25 cm³/mol. The van der Waals surface area contributed by atoms with Crippen molar-refractivity contribution in [2.45, 2.75) is 0 Å². The Morgan fingerprint density at radius 3 is 0.500 bits per heavy atom. The van der Waals surface area contributed by atoms with Crippen molar-refractivity contribution in [1.29, 1.82) is 0 Å². The zero-order valence-corrected chi connectivity index (χ0v) is 7.02. The zero-order valence-electron chi connectivity index (χ0n) is 4.08. The summed E-state index contributed by atoms with van der Waals surface area (Å²) in [7, 11) is 0. The zero-order chi connectivity index (χ0) is 8.12. The van der Waals surface area contributed by atoms with Crippen LogP contribution in [0.5, 0.6) is 0 Å². The van der Waals surface area contributed by atoms with Crippen molar-refractivity contribution in [3.63, 3.8) is 0 Å². The molecule has 0 heterocycles. The summed E-state index contributed by atoms with van der Waals surface area (Å²) in [6.07, 6.45) is 0. The van der Waals surface area contributed by atoms with Gasteiger partial charge in [0.1, 0.15) is 0 Å². The SMILES string of the molecule is [O-]O[O-].[O-]O[O-].[O-]O[O-].[W+6]. The molecule has 0 unspecified atom stereocenters. The van der Waals surface area contributed by atoms with E-state index >= 15 is 0 Å². The molecular weight excluding hydrogens is 328 g/mol. The van der Waals surface area contributed by atoms with Crippen LogP contribution >= 0.6 is 0 Å². The minimum absolute atomic E-state index is 0. The van der Waals surface area contributed by atoms with E-state index in [0.29, 0.717) is 0 Å². The molecule has 10 heteroatoms. The van der Waals surface area contributed by atoms with Crippen LogP contribution in [0.3, 0.4) is 0 Å². The first-order valence-electron chi connectivity index (χ1n) is 1.00. The summed E-state index contributed by atoms with van der Waals surface area (Å²) in [5, 5.41) is 52.5. The average molecular weight is 328 g/mol. The van der Waals surface area contributed by atoms with Crippen LogP contribution in [-0.4, -0.2) is 0 Å². The maximum Gasteiger partial charge on any atom is 6.00 e. The number of hydrogen-bond donors (Lipinski definition) is 0. The van der Waals surface area contributed by atoms with Crippen LogP contribution in [0.25, 0.3) is 0 Å². The summed E-state index contributed by atoms with van der Waals surface area (Å²) in [5.41, 5.74) is 0. The van der Waals surface area contributed by atoms with Crippen LogP contribution in [0, 0.1) is 0 Å². The molecule has 0 aromatic heterocycles. The molecule has 0 aliphatic carbocycles. The van der Waals surface area contributed by atoms with Gasteiger partial charge < -0.3 is 46.7 Å². The van der Waals surface area contributed by atoms with Crippen LogP contribution in [0.1, 0.15) is 0 Å². The Morgan fingerprint density at radius 2 is 0.500 bits per heavy atom. The largest absolute Gasteiger partial charge is 6.00 e. The summed E-state index contributed by atoms with van der Waals surface area (Å²) < 4.78 is 0. The van der Waals surface area contributed by atoms with Gasteiger partial charge in [-0.05, 0) is 0 Å². The standard InChI is InChI=1S/3H2O3.W/c3*1-3-2;/h3*1-2H;/q;;;+6/p-6. The van der Waals surface area contributed by atoms with Crippen molar-refractivity contribution in [3.8, 4) is 0 Å². The number of hydrogen-bond acceptors (Lipinski definition) is 9. The summed E-state index contributed by atoms with van der Waals surface area (Å²) in [6, 6.07) is 0. The second kappa shape index (κ2) is 58.4. The summed E-state index contributed by atoms with van der Waals surface area (Å²) in [4.78, 5) is 0. The summed E-state index contributed by atoms with van der Waals surface area (Å²) in [5.74, 6) is 0. The maximum absolute atomic E-state index is 7.88. The van der Waals surface area contributed by atoms with Gasteiger partial charge in [-0.2, -0.15) is 0 Å². The molecule has 0 saturated heterocycles. The maximum atomic E-state index is 7.88. The molecule has 0 fully saturated rings. The third-order valence-corrected chi connectivity index (χ3v) is 0. The molecule has 0 saturated carbocycles. The molecule has 0 N–H and O–H groups in total. The Bertz CT molecular complexity index is 9.44. The van der Waals surface area contributed by atoms with Crippen LogP contribution in [0.4, 0.5) is 0 Å². The van der Waals surface area contributed by atoms with E-state index < -0.39 is 0 Å². The van der Waals surface area contributed by atoms with E-state index in [0.717, 1.165) is 0 Å². The molecule has 9 nitrogen and oxygen atoms in total. The van der Waals surface area contributed by atoms with E-state index in [2.05, 4.69) is 0 Å². The van der Waals surface area contributed by atoms with E-state index in [1.807, 2.05) is 0 Å². The first-order valence-corrected chi connectivity index (χ1v) is 1.00.